The Kier molecular flexibility index (Phi) is 6.70. The second-order valence-corrected chi connectivity index (χ2v) is 13.3. The monoisotopic (exact) mass is 610 g/mol. The number of nitrogens with two attached hydrogens (primary N) is 1. The molecule has 0 spiro atoms. The molecule has 5 aromatic heterocycles. The van der Waals surface area contributed by atoms with Crippen LogP contribution in [-0.4, -0.2) is 50.7 Å². The second-order valence-electron chi connectivity index (χ2n) is 11.1. The van der Waals surface area contributed by atoms with Crippen LogP contribution >= 0.6 is 0 Å². The fraction of sp³-hybridized carbons (Fsp3) is 0.194. The van der Waals surface area contributed by atoms with E-state index in [0.29, 0.717) is 50.4 Å². The van der Waals surface area contributed by atoms with E-state index >= 15 is 0 Å². The van der Waals surface area contributed by atoms with E-state index < -0.39 is 21.0 Å². The Morgan fingerprint density at radius 1 is 1.02 bits per heavy atom. The molecular formula is C31H27FN8O3S. The first-order valence-corrected chi connectivity index (χ1v) is 15.9. The van der Waals surface area contributed by atoms with Crippen LogP contribution in [0, 0.1) is 11.7 Å². The maximum Gasteiger partial charge on any atom is 0.227 e. The van der Waals surface area contributed by atoms with Crippen LogP contribution in [-0.2, 0) is 14.6 Å². The van der Waals surface area contributed by atoms with Gasteiger partial charge in [-0.15, -0.1) is 0 Å². The lowest BCUT2D eigenvalue weighted by molar-refractivity contribution is -0.122. The van der Waals surface area contributed by atoms with Crippen molar-refractivity contribution in [3.8, 4) is 33.8 Å². The van der Waals surface area contributed by atoms with Gasteiger partial charge in [-0.3, -0.25) is 19.9 Å². The zero-order chi connectivity index (χ0) is 30.6. The number of hydrogen-bond donors (Lipinski definition) is 4. The van der Waals surface area contributed by atoms with E-state index in [1.54, 1.807) is 30.9 Å². The van der Waals surface area contributed by atoms with Crippen LogP contribution in [0.2, 0.25) is 0 Å². The van der Waals surface area contributed by atoms with Gasteiger partial charge in [0.2, 0.25) is 5.91 Å². The summed E-state index contributed by atoms with van der Waals surface area (Å²) in [5.74, 6) is -0.543. The summed E-state index contributed by atoms with van der Waals surface area (Å²) in [5.41, 5.74) is 12.3. The summed E-state index contributed by atoms with van der Waals surface area (Å²) in [5, 5.41) is 9.85. The number of amides is 1. The van der Waals surface area contributed by atoms with Crippen molar-refractivity contribution < 1.29 is 17.6 Å². The van der Waals surface area contributed by atoms with E-state index in [1.165, 1.54) is 6.07 Å². The molecule has 1 aliphatic rings. The van der Waals surface area contributed by atoms with Gasteiger partial charge >= 0.3 is 0 Å². The minimum atomic E-state index is -3.65. The number of benzene rings is 1. The quantitative estimate of drug-likeness (QED) is 0.193. The molecule has 1 amide bonds. The van der Waals surface area contributed by atoms with Crippen LogP contribution in [0.4, 0.5) is 10.1 Å². The molecule has 1 atom stereocenters. The highest BCUT2D eigenvalue weighted by Gasteiger charge is 2.25. The molecule has 0 bridgehead atoms. The summed E-state index contributed by atoms with van der Waals surface area (Å²) in [6.45, 7) is 0. The third-order valence-electron chi connectivity index (χ3n) is 8.01. The first-order valence-electron chi connectivity index (χ1n) is 14.0. The Morgan fingerprint density at radius 2 is 1.84 bits per heavy atom. The van der Waals surface area contributed by atoms with Crippen LogP contribution in [0.15, 0.2) is 67.3 Å². The lowest BCUT2D eigenvalue weighted by atomic mass is 9.85. The number of hydrogen-bond acceptors (Lipinski definition) is 8. The number of anilines is 1. The first-order chi connectivity index (χ1) is 21.1. The van der Waals surface area contributed by atoms with E-state index in [2.05, 4.69) is 30.5 Å². The number of pyridine rings is 3. The van der Waals surface area contributed by atoms with Crippen molar-refractivity contribution in [2.75, 3.05) is 11.6 Å². The molecule has 1 aliphatic carbocycles. The molecule has 7 rings (SSSR count). The summed E-state index contributed by atoms with van der Waals surface area (Å²) < 4.78 is 38.8. The number of rotatable bonds is 7. The average molecular weight is 611 g/mol. The van der Waals surface area contributed by atoms with Crippen molar-refractivity contribution in [3.05, 3.63) is 78.6 Å². The molecule has 6 aromatic rings. The number of carbonyl (C=O) groups excluding carboxylic acids is 1. The lowest BCUT2D eigenvalue weighted by Gasteiger charge is -2.24. The molecule has 0 radical (unpaired) electrons. The number of aromatic amines is 2. The van der Waals surface area contributed by atoms with Crippen molar-refractivity contribution in [1.29, 1.82) is 0 Å². The summed E-state index contributed by atoms with van der Waals surface area (Å²) in [6, 6.07) is 11.5. The van der Waals surface area contributed by atoms with Gasteiger partial charge in [0.1, 0.15) is 22.4 Å². The van der Waals surface area contributed by atoms with Crippen LogP contribution in [0.5, 0.6) is 0 Å². The maximum atomic E-state index is 14.7. The maximum absolute atomic E-state index is 14.7. The summed E-state index contributed by atoms with van der Waals surface area (Å²) in [6.07, 6.45) is 10.5. The standard InChI is InChI=1S/C31H27FN8O3S/c1-44(42,43)30(33)18-7-17(8-20(32)9-18)23-14-35-15-27-22(23)11-26(37-27)29-28-25(39-40-29)6-5-24(38-28)19-10-21(13-34-12-19)36-31(41)16-3-2-4-16/h5-16,30,37H,2-4,33H2,1H3,(H,36,41)(H,39,40). The smallest absolute Gasteiger partial charge is 0.227 e. The largest absolute Gasteiger partial charge is 0.352 e. The highest BCUT2D eigenvalue weighted by Crippen LogP contribution is 2.35. The molecule has 222 valence electrons. The van der Waals surface area contributed by atoms with E-state index in [1.807, 2.05) is 24.3 Å². The van der Waals surface area contributed by atoms with Gasteiger partial charge in [0, 0.05) is 41.1 Å². The van der Waals surface area contributed by atoms with Crippen molar-refractivity contribution in [2.45, 2.75) is 24.6 Å². The van der Waals surface area contributed by atoms with Crippen LogP contribution in [0.3, 0.4) is 0 Å². The first kappa shape index (κ1) is 27.8. The number of fused-ring (bicyclic) bond motifs is 2. The van der Waals surface area contributed by atoms with Crippen molar-refractivity contribution in [3.63, 3.8) is 0 Å². The fourth-order valence-electron chi connectivity index (χ4n) is 5.40. The van der Waals surface area contributed by atoms with Crippen molar-refractivity contribution in [2.24, 2.45) is 11.7 Å². The molecule has 1 aromatic carbocycles. The van der Waals surface area contributed by atoms with Crippen molar-refractivity contribution in [1.82, 2.24) is 30.1 Å². The van der Waals surface area contributed by atoms with Gasteiger partial charge in [-0.25, -0.2) is 17.8 Å². The third-order valence-corrected chi connectivity index (χ3v) is 9.20. The highest BCUT2D eigenvalue weighted by molar-refractivity contribution is 7.90. The predicted octanol–water partition coefficient (Wildman–Crippen LogP) is 5.11. The Bertz CT molecular complexity index is 2190. The second kappa shape index (κ2) is 10.6. The molecule has 5 heterocycles. The van der Waals surface area contributed by atoms with E-state index in [0.717, 1.165) is 42.5 Å². The Labute approximate surface area is 251 Å². The minimum Gasteiger partial charge on any atom is -0.352 e. The highest BCUT2D eigenvalue weighted by atomic mass is 32.2. The predicted molar refractivity (Wildman–Crippen MR) is 165 cm³/mol. The third kappa shape index (κ3) is 5.09. The molecular weight excluding hydrogens is 583 g/mol. The number of H-pyrrole nitrogens is 2. The normalized spacial score (nSPS) is 14.5. The average Bonchev–Trinajstić information content (AvgIpc) is 3.59. The van der Waals surface area contributed by atoms with E-state index in [-0.39, 0.29) is 17.4 Å². The molecule has 1 saturated carbocycles. The van der Waals surface area contributed by atoms with Gasteiger partial charge in [-0.2, -0.15) is 5.10 Å². The summed E-state index contributed by atoms with van der Waals surface area (Å²) >= 11 is 0. The molecule has 1 unspecified atom stereocenters. The van der Waals surface area contributed by atoms with E-state index in [4.69, 9.17) is 10.7 Å². The van der Waals surface area contributed by atoms with Gasteiger partial charge in [-0.1, -0.05) is 6.42 Å². The molecule has 11 nitrogen and oxygen atoms in total. The molecule has 13 heteroatoms. The van der Waals surface area contributed by atoms with Gasteiger partial charge < -0.3 is 16.0 Å². The van der Waals surface area contributed by atoms with E-state index in [9.17, 15) is 17.6 Å². The Hall–Kier alpha value is -5.01. The van der Waals surface area contributed by atoms with Gasteiger partial charge in [-0.05, 0) is 66.4 Å². The number of nitrogens with one attached hydrogen (secondary N) is 3. The summed E-state index contributed by atoms with van der Waals surface area (Å²) in [7, 11) is -3.65. The number of aromatic nitrogens is 6. The molecule has 44 heavy (non-hydrogen) atoms. The Morgan fingerprint density at radius 3 is 2.61 bits per heavy atom. The SMILES string of the molecule is CS(=O)(=O)C(N)c1cc(F)cc(-c2cncc3[nH]c(-c4n[nH]c5ccc(-c6cncc(NC(=O)C7CCC7)c6)nc45)cc23)c1. The van der Waals surface area contributed by atoms with Gasteiger partial charge in [0.15, 0.2) is 9.84 Å². The molecule has 5 N–H and O–H groups in total. The number of nitrogens with zero attached hydrogens (tertiary/aromatic N) is 4. The molecule has 0 aliphatic heterocycles. The zero-order valence-corrected chi connectivity index (χ0v) is 24.3. The lowest BCUT2D eigenvalue weighted by Crippen LogP contribution is -2.28. The number of sulfone groups is 1. The van der Waals surface area contributed by atoms with Gasteiger partial charge in [0.25, 0.3) is 0 Å². The van der Waals surface area contributed by atoms with Gasteiger partial charge in [0.05, 0.1) is 40.5 Å². The van der Waals surface area contributed by atoms with Crippen LogP contribution < -0.4 is 11.1 Å². The number of carbonyl (C=O) groups is 1. The van der Waals surface area contributed by atoms with Crippen molar-refractivity contribution >= 4 is 43.4 Å². The number of halogens is 1. The molecule has 1 fully saturated rings. The van der Waals surface area contributed by atoms with Crippen LogP contribution in [0.25, 0.3) is 55.7 Å². The summed E-state index contributed by atoms with van der Waals surface area (Å²) in [4.78, 5) is 29.3. The molecule has 0 saturated heterocycles. The fourth-order valence-corrected chi connectivity index (χ4v) is 6.03. The minimum absolute atomic E-state index is 0.0103. The topological polar surface area (TPSA) is 172 Å². The van der Waals surface area contributed by atoms with Crippen LogP contribution in [0.1, 0.15) is 30.2 Å². The Balaban J connectivity index is 1.26. The zero-order valence-electron chi connectivity index (χ0n) is 23.5.